The van der Waals surface area contributed by atoms with Crippen LogP contribution in [-0.4, -0.2) is 40.9 Å². The van der Waals surface area contributed by atoms with Gasteiger partial charge in [0.05, 0.1) is 11.9 Å². The Morgan fingerprint density at radius 2 is 2.15 bits per heavy atom. The van der Waals surface area contributed by atoms with E-state index in [4.69, 9.17) is 0 Å². The summed E-state index contributed by atoms with van der Waals surface area (Å²) in [7, 11) is 0. The number of alkyl halides is 2. The van der Waals surface area contributed by atoms with Gasteiger partial charge in [-0.15, -0.1) is 0 Å². The highest BCUT2D eigenvalue weighted by molar-refractivity contribution is 9.09. The smallest absolute Gasteiger partial charge is 0.323 e. The molecule has 0 aromatic carbocycles. The van der Waals surface area contributed by atoms with E-state index in [2.05, 4.69) is 15.9 Å². The van der Waals surface area contributed by atoms with E-state index >= 15 is 0 Å². The molecule has 0 radical (unpaired) electrons. The van der Waals surface area contributed by atoms with E-state index in [0.717, 1.165) is 4.90 Å². The number of amides is 1. The van der Waals surface area contributed by atoms with Gasteiger partial charge >= 0.3 is 6.04 Å². The Morgan fingerprint density at radius 1 is 1.54 bits per heavy atom. The summed E-state index contributed by atoms with van der Waals surface area (Å²) in [4.78, 5) is 22.4. The molecule has 6 heteroatoms. The van der Waals surface area contributed by atoms with Gasteiger partial charge in [-0.25, -0.2) is 4.39 Å². The van der Waals surface area contributed by atoms with E-state index in [9.17, 15) is 18.4 Å². The third kappa shape index (κ3) is 2.24. The number of halogens is 3. The number of hydrogen-bond acceptors (Lipinski definition) is 2. The van der Waals surface area contributed by atoms with Crippen molar-refractivity contribution in [2.24, 2.45) is 0 Å². The maximum absolute atomic E-state index is 12.8. The minimum atomic E-state index is -1.64. The summed E-state index contributed by atoms with van der Waals surface area (Å²) in [6.45, 7) is -0.190. The Hall–Kier alpha value is -0.520. The van der Waals surface area contributed by atoms with E-state index in [1.165, 1.54) is 0 Å². The number of likely N-dealkylation sites (tertiary alicyclic amines) is 1. The first-order valence-electron chi connectivity index (χ1n) is 3.75. The van der Waals surface area contributed by atoms with E-state index in [-0.39, 0.29) is 18.3 Å². The van der Waals surface area contributed by atoms with Crippen molar-refractivity contribution < 1.29 is 18.4 Å². The summed E-state index contributed by atoms with van der Waals surface area (Å²) in [5, 5.41) is -0.0243. The van der Waals surface area contributed by atoms with Gasteiger partial charge in [0.25, 0.3) is 0 Å². The second-order valence-electron chi connectivity index (χ2n) is 2.83. The van der Waals surface area contributed by atoms with Crippen molar-refractivity contribution in [3.8, 4) is 0 Å². The zero-order chi connectivity index (χ0) is 10.0. The molecule has 13 heavy (non-hydrogen) atoms. The highest BCUT2D eigenvalue weighted by atomic mass is 79.9. The molecular weight excluding hydrogens is 248 g/mol. The van der Waals surface area contributed by atoms with Crippen LogP contribution in [0, 0.1) is 0 Å². The molecule has 0 unspecified atom stereocenters. The van der Waals surface area contributed by atoms with Crippen LogP contribution >= 0.6 is 15.9 Å². The van der Waals surface area contributed by atoms with Gasteiger partial charge in [-0.2, -0.15) is 4.39 Å². The maximum atomic E-state index is 12.8. The number of hydrogen-bond donors (Lipinski definition) is 0. The van der Waals surface area contributed by atoms with Gasteiger partial charge in [0.15, 0.2) is 0 Å². The molecule has 0 spiro atoms. The lowest BCUT2D eigenvalue weighted by Gasteiger charge is -2.19. The number of nitrogens with zero attached hydrogens (tertiary/aromatic N) is 1. The number of carbonyl (C=O) groups is 2. The van der Waals surface area contributed by atoms with Crippen molar-refractivity contribution in [3.05, 3.63) is 0 Å². The molecule has 0 aliphatic carbocycles. The molecule has 1 saturated heterocycles. The van der Waals surface area contributed by atoms with E-state index < -0.39 is 24.2 Å². The van der Waals surface area contributed by atoms with Gasteiger partial charge in [0, 0.05) is 6.42 Å². The van der Waals surface area contributed by atoms with Crippen molar-refractivity contribution in [1.82, 2.24) is 4.90 Å². The molecule has 2 atom stereocenters. The van der Waals surface area contributed by atoms with Crippen LogP contribution in [0.15, 0.2) is 0 Å². The van der Waals surface area contributed by atoms with Crippen LogP contribution in [0.1, 0.15) is 6.42 Å². The van der Waals surface area contributed by atoms with E-state index in [1.54, 1.807) is 0 Å². The molecule has 3 nitrogen and oxygen atoms in total. The highest BCUT2D eigenvalue weighted by Gasteiger charge is 2.39. The molecule has 1 heterocycles. The van der Waals surface area contributed by atoms with Gasteiger partial charge in [-0.3, -0.25) is 9.59 Å². The fourth-order valence-corrected chi connectivity index (χ4v) is 1.67. The Kier molecular flexibility index (Phi) is 3.35. The third-order valence-corrected chi connectivity index (χ3v) is 2.43. The van der Waals surface area contributed by atoms with Crippen LogP contribution < -0.4 is 0 Å². The fourth-order valence-electron chi connectivity index (χ4n) is 1.35. The largest absolute Gasteiger partial charge is 0.326 e. The summed E-state index contributed by atoms with van der Waals surface area (Å²) in [6, 6.07) is -2.87. The first-order valence-corrected chi connectivity index (χ1v) is 4.87. The number of rotatable bonds is 2. The molecule has 0 aromatic rings. The minimum absolute atomic E-state index is 0.0243. The molecule has 0 bridgehead atoms. The molecule has 1 rings (SSSR count). The summed E-state index contributed by atoms with van der Waals surface area (Å²) < 4.78 is 25.1. The second kappa shape index (κ2) is 4.13. The number of carbonyl (C=O) groups excluding carboxylic acids is 2. The molecule has 1 fully saturated rings. The normalized spacial score (nSPS) is 27.8. The molecule has 0 N–H and O–H groups in total. The van der Waals surface area contributed by atoms with Crippen molar-refractivity contribution >= 4 is 27.9 Å². The Morgan fingerprint density at radius 3 is 2.62 bits per heavy atom. The van der Waals surface area contributed by atoms with Crippen molar-refractivity contribution in [2.45, 2.75) is 18.6 Å². The molecule has 74 valence electrons. The van der Waals surface area contributed by atoms with Gasteiger partial charge in [-0.05, 0) is 0 Å². The van der Waals surface area contributed by atoms with Crippen LogP contribution in [-0.2, 0) is 9.59 Å². The van der Waals surface area contributed by atoms with Crippen LogP contribution in [0.5, 0.6) is 0 Å². The third-order valence-electron chi connectivity index (χ3n) is 1.95. The van der Waals surface area contributed by atoms with Crippen molar-refractivity contribution in [1.29, 1.82) is 0 Å². The van der Waals surface area contributed by atoms with Crippen LogP contribution in [0.2, 0.25) is 0 Å². The summed E-state index contributed by atoms with van der Waals surface area (Å²) >= 11 is 2.87. The molecular formula is C7H8BrF2NO2. The predicted octanol–water partition coefficient (Wildman–Crippen LogP) is 0.816. The van der Waals surface area contributed by atoms with Gasteiger partial charge in [0.1, 0.15) is 12.2 Å². The Balaban J connectivity index is 2.71. The monoisotopic (exact) mass is 255 g/mol. The summed E-state index contributed by atoms with van der Waals surface area (Å²) in [5.74, 6) is -0.462. The van der Waals surface area contributed by atoms with Crippen molar-refractivity contribution in [3.63, 3.8) is 0 Å². The van der Waals surface area contributed by atoms with Gasteiger partial charge in [0.2, 0.25) is 5.91 Å². The first kappa shape index (κ1) is 10.6. The van der Waals surface area contributed by atoms with Crippen LogP contribution in [0.4, 0.5) is 8.78 Å². The van der Waals surface area contributed by atoms with E-state index in [1.807, 2.05) is 0 Å². The first-order chi connectivity index (χ1) is 6.06. The van der Waals surface area contributed by atoms with Gasteiger partial charge in [-0.1, -0.05) is 15.9 Å². The standard InChI is InChI=1S/C7H8BrF2NO2/c8-2-6(12)11-3-4(9)1-5(11)7(10)13/h4-5H,1-3H2/t4-,5-/m1/s1. The lowest BCUT2D eigenvalue weighted by Crippen LogP contribution is -2.39. The van der Waals surface area contributed by atoms with Crippen LogP contribution in [0.3, 0.4) is 0 Å². The lowest BCUT2D eigenvalue weighted by atomic mass is 10.2. The van der Waals surface area contributed by atoms with E-state index in [0.29, 0.717) is 0 Å². The topological polar surface area (TPSA) is 37.4 Å². The van der Waals surface area contributed by atoms with Crippen LogP contribution in [0.25, 0.3) is 0 Å². The lowest BCUT2D eigenvalue weighted by molar-refractivity contribution is -0.141. The second-order valence-corrected chi connectivity index (χ2v) is 3.39. The van der Waals surface area contributed by atoms with Gasteiger partial charge < -0.3 is 4.90 Å². The fraction of sp³-hybridized carbons (Fsp3) is 0.714. The quantitative estimate of drug-likeness (QED) is 0.541. The molecule has 0 saturated carbocycles. The summed E-state index contributed by atoms with van der Waals surface area (Å²) in [5.41, 5.74) is 0. The average Bonchev–Trinajstić information content (AvgIpc) is 2.46. The molecule has 1 aliphatic heterocycles. The Bertz CT molecular complexity index is 237. The highest BCUT2D eigenvalue weighted by Crippen LogP contribution is 2.21. The predicted molar refractivity (Wildman–Crippen MR) is 44.9 cm³/mol. The molecule has 1 aliphatic rings. The van der Waals surface area contributed by atoms with Crippen molar-refractivity contribution in [2.75, 3.05) is 11.9 Å². The minimum Gasteiger partial charge on any atom is -0.326 e. The summed E-state index contributed by atoms with van der Waals surface area (Å²) in [6.07, 6.45) is -1.53. The SMILES string of the molecule is O=C(F)[C@H]1C[C@@H](F)CN1C(=O)CBr. The molecule has 1 amide bonds. The maximum Gasteiger partial charge on any atom is 0.323 e. The Labute approximate surface area is 82.2 Å². The zero-order valence-corrected chi connectivity index (χ0v) is 8.26. The zero-order valence-electron chi connectivity index (χ0n) is 6.67. The average molecular weight is 256 g/mol. The molecule has 0 aromatic heterocycles.